The van der Waals surface area contributed by atoms with Gasteiger partial charge in [0.1, 0.15) is 11.5 Å². The van der Waals surface area contributed by atoms with Gasteiger partial charge in [0, 0.05) is 37.5 Å². The van der Waals surface area contributed by atoms with Crippen molar-refractivity contribution >= 4 is 17.4 Å². The highest BCUT2D eigenvalue weighted by Gasteiger charge is 2.14. The Bertz CT molecular complexity index is 855. The number of amides is 1. The summed E-state index contributed by atoms with van der Waals surface area (Å²) in [6, 6.07) is 8.22. The molecule has 0 radical (unpaired) electrons. The highest BCUT2D eigenvalue weighted by atomic mass is 16.1. The van der Waals surface area contributed by atoms with Gasteiger partial charge in [0.15, 0.2) is 5.65 Å². The van der Waals surface area contributed by atoms with Crippen LogP contribution < -0.4 is 10.6 Å². The van der Waals surface area contributed by atoms with Crippen molar-refractivity contribution < 1.29 is 4.79 Å². The summed E-state index contributed by atoms with van der Waals surface area (Å²) in [7, 11) is 0. The number of nitrogens with one attached hydrogen (secondary N) is 2. The molecule has 0 spiro atoms. The fourth-order valence-corrected chi connectivity index (χ4v) is 2.65. The summed E-state index contributed by atoms with van der Waals surface area (Å²) >= 11 is 0. The quantitative estimate of drug-likeness (QED) is 0.731. The van der Waals surface area contributed by atoms with Gasteiger partial charge in [0.05, 0.1) is 6.20 Å². The fourth-order valence-electron chi connectivity index (χ4n) is 2.65. The number of aryl methyl sites for hydroxylation is 1. The molecule has 0 bridgehead atoms. The van der Waals surface area contributed by atoms with Crippen molar-refractivity contribution in [2.45, 2.75) is 20.3 Å². The molecule has 0 atom stereocenters. The SMILES string of the molecule is CCNC(=O)CCNc1c(-c2cccc(C)c2)nc2cnccn12. The minimum absolute atomic E-state index is 0.0394. The Morgan fingerprint density at radius 3 is 3.00 bits per heavy atom. The summed E-state index contributed by atoms with van der Waals surface area (Å²) in [5.41, 5.74) is 3.85. The first-order valence-electron chi connectivity index (χ1n) is 8.08. The number of aromatic nitrogens is 3. The van der Waals surface area contributed by atoms with Gasteiger partial charge in [-0.25, -0.2) is 4.98 Å². The number of rotatable bonds is 6. The smallest absolute Gasteiger partial charge is 0.221 e. The third-order valence-corrected chi connectivity index (χ3v) is 3.74. The largest absolute Gasteiger partial charge is 0.369 e. The van der Waals surface area contributed by atoms with E-state index in [1.54, 1.807) is 12.4 Å². The predicted molar refractivity (Wildman–Crippen MR) is 95.0 cm³/mol. The van der Waals surface area contributed by atoms with Crippen molar-refractivity contribution in [1.82, 2.24) is 19.7 Å². The van der Waals surface area contributed by atoms with E-state index in [4.69, 9.17) is 4.98 Å². The summed E-state index contributed by atoms with van der Waals surface area (Å²) in [6.07, 6.45) is 5.74. The number of carbonyl (C=O) groups excluding carboxylic acids is 1. The van der Waals surface area contributed by atoms with Gasteiger partial charge in [0.2, 0.25) is 5.91 Å². The van der Waals surface area contributed by atoms with Gasteiger partial charge in [-0.1, -0.05) is 23.8 Å². The lowest BCUT2D eigenvalue weighted by Gasteiger charge is -2.09. The molecule has 0 aliphatic carbocycles. The highest BCUT2D eigenvalue weighted by molar-refractivity contribution is 5.78. The molecule has 2 N–H and O–H groups in total. The molecule has 124 valence electrons. The van der Waals surface area contributed by atoms with Crippen LogP contribution in [0.25, 0.3) is 16.9 Å². The summed E-state index contributed by atoms with van der Waals surface area (Å²) in [6.45, 7) is 5.16. The third kappa shape index (κ3) is 3.37. The Labute approximate surface area is 140 Å². The molecule has 1 aromatic carbocycles. The number of carbonyl (C=O) groups is 1. The molecule has 0 fully saturated rings. The summed E-state index contributed by atoms with van der Waals surface area (Å²) in [4.78, 5) is 20.5. The lowest BCUT2D eigenvalue weighted by atomic mass is 10.1. The van der Waals surface area contributed by atoms with Gasteiger partial charge >= 0.3 is 0 Å². The summed E-state index contributed by atoms with van der Waals surface area (Å²) in [5.74, 6) is 0.917. The monoisotopic (exact) mass is 323 g/mol. The van der Waals surface area contributed by atoms with Gasteiger partial charge in [-0.15, -0.1) is 0 Å². The molecule has 3 aromatic rings. The van der Waals surface area contributed by atoms with E-state index < -0.39 is 0 Å². The zero-order valence-corrected chi connectivity index (χ0v) is 13.9. The average Bonchev–Trinajstić information content (AvgIpc) is 2.94. The van der Waals surface area contributed by atoms with E-state index in [-0.39, 0.29) is 5.91 Å². The number of anilines is 1. The van der Waals surface area contributed by atoms with E-state index in [1.165, 1.54) is 5.56 Å². The molecule has 1 amide bonds. The highest BCUT2D eigenvalue weighted by Crippen LogP contribution is 2.28. The van der Waals surface area contributed by atoms with E-state index in [0.717, 1.165) is 22.7 Å². The summed E-state index contributed by atoms with van der Waals surface area (Å²) in [5, 5.41) is 6.16. The van der Waals surface area contributed by atoms with E-state index in [1.807, 2.05) is 29.7 Å². The average molecular weight is 323 g/mol. The first kappa shape index (κ1) is 16.0. The number of hydrogen-bond acceptors (Lipinski definition) is 4. The van der Waals surface area contributed by atoms with Gasteiger partial charge in [0.25, 0.3) is 0 Å². The van der Waals surface area contributed by atoms with Gasteiger partial charge in [-0.3, -0.25) is 14.2 Å². The fraction of sp³-hybridized carbons (Fsp3) is 0.278. The van der Waals surface area contributed by atoms with Crippen molar-refractivity contribution in [2.24, 2.45) is 0 Å². The second-order valence-corrected chi connectivity index (χ2v) is 5.61. The number of benzene rings is 1. The summed E-state index contributed by atoms with van der Waals surface area (Å²) < 4.78 is 1.96. The first-order chi connectivity index (χ1) is 11.7. The Morgan fingerprint density at radius 1 is 1.33 bits per heavy atom. The van der Waals surface area contributed by atoms with Crippen LogP contribution in [0.1, 0.15) is 18.9 Å². The normalized spacial score (nSPS) is 10.8. The molecule has 0 saturated heterocycles. The zero-order valence-electron chi connectivity index (χ0n) is 13.9. The van der Waals surface area contributed by atoms with Crippen molar-refractivity contribution in [3.63, 3.8) is 0 Å². The standard InChI is InChI=1S/C18H21N5O/c1-3-20-16(24)7-8-21-18-17(14-6-4-5-13(2)11-14)22-15-12-19-9-10-23(15)18/h4-6,9-12,21H,3,7-8H2,1-2H3,(H,20,24). The topological polar surface area (TPSA) is 71.3 Å². The van der Waals surface area contributed by atoms with E-state index in [2.05, 4.69) is 34.7 Å². The van der Waals surface area contributed by atoms with Crippen LogP contribution in [0.3, 0.4) is 0 Å². The molecule has 2 aromatic heterocycles. The molecule has 3 rings (SSSR count). The second kappa shape index (κ2) is 7.12. The van der Waals surface area contributed by atoms with Crippen LogP contribution in [0.2, 0.25) is 0 Å². The predicted octanol–water partition coefficient (Wildman–Crippen LogP) is 2.64. The van der Waals surface area contributed by atoms with Crippen LogP contribution in [0, 0.1) is 6.92 Å². The van der Waals surface area contributed by atoms with Crippen molar-refractivity contribution in [1.29, 1.82) is 0 Å². The van der Waals surface area contributed by atoms with Gasteiger partial charge in [-0.2, -0.15) is 0 Å². The molecule has 0 saturated carbocycles. The van der Waals surface area contributed by atoms with Crippen LogP contribution in [0.5, 0.6) is 0 Å². The number of imidazole rings is 1. The molecule has 6 heteroatoms. The Morgan fingerprint density at radius 2 is 2.21 bits per heavy atom. The van der Waals surface area contributed by atoms with Gasteiger partial charge < -0.3 is 10.6 Å². The van der Waals surface area contributed by atoms with E-state index in [0.29, 0.717) is 19.5 Å². The third-order valence-electron chi connectivity index (χ3n) is 3.74. The Kier molecular flexibility index (Phi) is 4.74. The van der Waals surface area contributed by atoms with Gasteiger partial charge in [-0.05, 0) is 19.9 Å². The molecule has 0 aliphatic rings. The number of nitrogens with zero attached hydrogens (tertiary/aromatic N) is 3. The van der Waals surface area contributed by atoms with Crippen LogP contribution in [0.4, 0.5) is 5.82 Å². The first-order valence-corrected chi connectivity index (χ1v) is 8.08. The van der Waals surface area contributed by atoms with Crippen LogP contribution >= 0.6 is 0 Å². The molecule has 0 unspecified atom stereocenters. The number of hydrogen-bond donors (Lipinski definition) is 2. The van der Waals surface area contributed by atoms with Crippen LogP contribution in [0.15, 0.2) is 42.9 Å². The lowest BCUT2D eigenvalue weighted by Crippen LogP contribution is -2.25. The minimum Gasteiger partial charge on any atom is -0.369 e. The molecule has 0 aliphatic heterocycles. The Hall–Kier alpha value is -2.89. The van der Waals surface area contributed by atoms with Crippen LogP contribution in [-0.4, -0.2) is 33.4 Å². The molecular weight excluding hydrogens is 302 g/mol. The zero-order chi connectivity index (χ0) is 16.9. The van der Waals surface area contributed by atoms with Crippen molar-refractivity contribution in [2.75, 3.05) is 18.4 Å². The maximum atomic E-state index is 11.7. The van der Waals surface area contributed by atoms with E-state index in [9.17, 15) is 4.79 Å². The minimum atomic E-state index is 0.0394. The molecule has 2 heterocycles. The van der Waals surface area contributed by atoms with Crippen molar-refractivity contribution in [3.8, 4) is 11.3 Å². The van der Waals surface area contributed by atoms with Crippen molar-refractivity contribution in [3.05, 3.63) is 48.4 Å². The second-order valence-electron chi connectivity index (χ2n) is 5.61. The maximum absolute atomic E-state index is 11.7. The molecule has 6 nitrogen and oxygen atoms in total. The number of fused-ring (bicyclic) bond motifs is 1. The van der Waals surface area contributed by atoms with E-state index >= 15 is 0 Å². The Balaban J connectivity index is 1.92. The molecule has 24 heavy (non-hydrogen) atoms. The lowest BCUT2D eigenvalue weighted by molar-refractivity contribution is -0.120. The molecular formula is C18H21N5O. The van der Waals surface area contributed by atoms with Crippen LogP contribution in [-0.2, 0) is 4.79 Å². The maximum Gasteiger partial charge on any atom is 0.221 e.